The molecule has 0 heterocycles. The number of rotatable bonds is 4. The highest BCUT2D eigenvalue weighted by molar-refractivity contribution is 5.69. The van der Waals surface area contributed by atoms with E-state index in [-0.39, 0.29) is 5.56 Å². The number of nitrogens with one attached hydrogen (secondary N) is 1. The Morgan fingerprint density at radius 1 is 1.16 bits per heavy atom. The summed E-state index contributed by atoms with van der Waals surface area (Å²) in [6, 6.07) is 16.1. The minimum Gasteiger partial charge on any atom is -0.380 e. The fourth-order valence-electron chi connectivity index (χ4n) is 1.76. The topological polar surface area (TPSA) is 35.8 Å². The van der Waals surface area contributed by atoms with Crippen LogP contribution in [0.4, 0.5) is 10.1 Å². The van der Waals surface area contributed by atoms with Crippen LogP contribution in [0.25, 0.3) is 5.57 Å². The van der Waals surface area contributed by atoms with Gasteiger partial charge in [0.15, 0.2) is 0 Å². The summed E-state index contributed by atoms with van der Waals surface area (Å²) in [5.41, 5.74) is 2.42. The first kappa shape index (κ1) is 12.8. The molecule has 0 fully saturated rings. The molecule has 2 nitrogen and oxygen atoms in total. The Morgan fingerprint density at radius 2 is 1.89 bits per heavy atom. The normalized spacial score (nSPS) is 9.68. The molecule has 0 aliphatic carbocycles. The maximum atomic E-state index is 13.4. The standard InChI is InChI=1S/C16H13FN2/c1-12(13-6-3-2-4-7-13)11-19-16-9-5-8-15(17)14(16)10-18/h2-9,19H,1,11H2. The first-order valence-electron chi connectivity index (χ1n) is 5.88. The summed E-state index contributed by atoms with van der Waals surface area (Å²) in [7, 11) is 0. The molecule has 0 saturated carbocycles. The monoisotopic (exact) mass is 252 g/mol. The second-order valence-electron chi connectivity index (χ2n) is 4.10. The molecule has 2 rings (SSSR count). The van der Waals surface area contributed by atoms with Gasteiger partial charge in [0, 0.05) is 6.54 Å². The molecule has 2 aromatic rings. The smallest absolute Gasteiger partial charge is 0.143 e. The zero-order valence-corrected chi connectivity index (χ0v) is 10.4. The third-order valence-electron chi connectivity index (χ3n) is 2.80. The van der Waals surface area contributed by atoms with Crippen molar-refractivity contribution in [1.29, 1.82) is 5.26 Å². The van der Waals surface area contributed by atoms with Gasteiger partial charge in [0.2, 0.25) is 0 Å². The van der Waals surface area contributed by atoms with Crippen LogP contribution in [0.15, 0.2) is 55.1 Å². The molecule has 0 radical (unpaired) electrons. The molecular formula is C16H13FN2. The molecule has 2 aromatic carbocycles. The van der Waals surface area contributed by atoms with E-state index in [1.165, 1.54) is 6.07 Å². The molecule has 0 atom stereocenters. The van der Waals surface area contributed by atoms with Gasteiger partial charge in [-0.2, -0.15) is 5.26 Å². The summed E-state index contributed by atoms with van der Waals surface area (Å²) in [4.78, 5) is 0. The van der Waals surface area contributed by atoms with Crippen LogP contribution in [-0.2, 0) is 0 Å². The highest BCUT2D eigenvalue weighted by Gasteiger charge is 2.07. The van der Waals surface area contributed by atoms with Crippen molar-refractivity contribution in [2.75, 3.05) is 11.9 Å². The van der Waals surface area contributed by atoms with Crippen LogP contribution in [0.3, 0.4) is 0 Å². The summed E-state index contributed by atoms with van der Waals surface area (Å²) >= 11 is 0. The van der Waals surface area contributed by atoms with E-state index in [9.17, 15) is 4.39 Å². The number of benzene rings is 2. The molecule has 0 aliphatic rings. The first-order valence-corrected chi connectivity index (χ1v) is 5.88. The minimum absolute atomic E-state index is 0.0309. The Kier molecular flexibility index (Phi) is 3.94. The van der Waals surface area contributed by atoms with E-state index in [4.69, 9.17) is 5.26 Å². The van der Waals surface area contributed by atoms with Crippen molar-refractivity contribution in [2.45, 2.75) is 0 Å². The van der Waals surface area contributed by atoms with Crippen LogP contribution < -0.4 is 5.32 Å². The highest BCUT2D eigenvalue weighted by atomic mass is 19.1. The fraction of sp³-hybridized carbons (Fsp3) is 0.0625. The lowest BCUT2D eigenvalue weighted by molar-refractivity contribution is 0.624. The molecule has 0 unspecified atom stereocenters. The summed E-state index contributed by atoms with van der Waals surface area (Å²) in [6.07, 6.45) is 0. The lowest BCUT2D eigenvalue weighted by Crippen LogP contribution is -2.05. The fourth-order valence-corrected chi connectivity index (χ4v) is 1.76. The van der Waals surface area contributed by atoms with Crippen LogP contribution in [0.5, 0.6) is 0 Å². The van der Waals surface area contributed by atoms with E-state index in [1.807, 2.05) is 36.4 Å². The van der Waals surface area contributed by atoms with Crippen molar-refractivity contribution in [3.05, 3.63) is 72.1 Å². The lowest BCUT2D eigenvalue weighted by atomic mass is 10.1. The SMILES string of the molecule is C=C(CNc1cccc(F)c1C#N)c1ccccc1. The van der Waals surface area contributed by atoms with Gasteiger partial charge in [-0.3, -0.25) is 0 Å². The van der Waals surface area contributed by atoms with Gasteiger partial charge in [-0.15, -0.1) is 0 Å². The van der Waals surface area contributed by atoms with Gasteiger partial charge in [-0.05, 0) is 23.3 Å². The van der Waals surface area contributed by atoms with Crippen LogP contribution in [0.1, 0.15) is 11.1 Å². The second-order valence-corrected chi connectivity index (χ2v) is 4.10. The van der Waals surface area contributed by atoms with Crippen molar-refractivity contribution in [2.24, 2.45) is 0 Å². The zero-order valence-electron chi connectivity index (χ0n) is 10.4. The van der Waals surface area contributed by atoms with Crippen molar-refractivity contribution < 1.29 is 4.39 Å². The summed E-state index contributed by atoms with van der Waals surface area (Å²) in [5, 5.41) is 12.0. The first-order chi connectivity index (χ1) is 9.22. The molecule has 19 heavy (non-hydrogen) atoms. The molecular weight excluding hydrogens is 239 g/mol. The van der Waals surface area contributed by atoms with Gasteiger partial charge < -0.3 is 5.32 Å². The Balaban J connectivity index is 2.10. The highest BCUT2D eigenvalue weighted by Crippen LogP contribution is 2.19. The third kappa shape index (κ3) is 2.99. The number of nitrogens with zero attached hydrogens (tertiary/aromatic N) is 1. The Bertz CT molecular complexity index is 627. The predicted molar refractivity (Wildman–Crippen MR) is 75.1 cm³/mol. The van der Waals surface area contributed by atoms with E-state index >= 15 is 0 Å². The van der Waals surface area contributed by atoms with Gasteiger partial charge in [-0.25, -0.2) is 4.39 Å². The van der Waals surface area contributed by atoms with Crippen molar-refractivity contribution >= 4 is 11.3 Å². The number of anilines is 1. The van der Waals surface area contributed by atoms with Gasteiger partial charge in [0.1, 0.15) is 17.4 Å². The number of hydrogen-bond donors (Lipinski definition) is 1. The van der Waals surface area contributed by atoms with Gasteiger partial charge in [0.25, 0.3) is 0 Å². The molecule has 0 bridgehead atoms. The van der Waals surface area contributed by atoms with Crippen molar-refractivity contribution in [3.63, 3.8) is 0 Å². The van der Waals surface area contributed by atoms with Crippen molar-refractivity contribution in [1.82, 2.24) is 0 Å². The lowest BCUT2D eigenvalue weighted by Gasteiger charge is -2.10. The number of hydrogen-bond acceptors (Lipinski definition) is 2. The van der Waals surface area contributed by atoms with E-state index < -0.39 is 5.82 Å². The largest absolute Gasteiger partial charge is 0.380 e. The van der Waals surface area contributed by atoms with E-state index in [1.54, 1.807) is 12.1 Å². The molecule has 0 amide bonds. The van der Waals surface area contributed by atoms with Crippen molar-refractivity contribution in [3.8, 4) is 6.07 Å². The van der Waals surface area contributed by atoms with E-state index in [0.717, 1.165) is 11.1 Å². The average molecular weight is 252 g/mol. The van der Waals surface area contributed by atoms with Crippen LogP contribution in [0.2, 0.25) is 0 Å². The molecule has 0 saturated heterocycles. The van der Waals surface area contributed by atoms with Crippen LogP contribution in [0, 0.1) is 17.1 Å². The van der Waals surface area contributed by atoms with Crippen LogP contribution >= 0.6 is 0 Å². The van der Waals surface area contributed by atoms with Crippen LogP contribution in [-0.4, -0.2) is 6.54 Å². The maximum Gasteiger partial charge on any atom is 0.143 e. The molecule has 0 aromatic heterocycles. The molecule has 0 aliphatic heterocycles. The molecule has 1 N–H and O–H groups in total. The van der Waals surface area contributed by atoms with E-state index in [0.29, 0.717) is 12.2 Å². The summed E-state index contributed by atoms with van der Waals surface area (Å²) in [6.45, 7) is 4.44. The number of halogens is 1. The maximum absolute atomic E-state index is 13.4. The molecule has 0 spiro atoms. The Labute approximate surface area is 111 Å². The van der Waals surface area contributed by atoms with Gasteiger partial charge in [0.05, 0.1) is 5.69 Å². The Morgan fingerprint density at radius 3 is 2.58 bits per heavy atom. The molecule has 3 heteroatoms. The summed E-state index contributed by atoms with van der Waals surface area (Å²) < 4.78 is 13.4. The number of nitriles is 1. The minimum atomic E-state index is -0.516. The van der Waals surface area contributed by atoms with Gasteiger partial charge in [-0.1, -0.05) is 43.0 Å². The third-order valence-corrected chi connectivity index (χ3v) is 2.80. The zero-order chi connectivity index (χ0) is 13.7. The van der Waals surface area contributed by atoms with E-state index in [2.05, 4.69) is 11.9 Å². The predicted octanol–water partition coefficient (Wildman–Crippen LogP) is 3.82. The Hall–Kier alpha value is -2.60. The average Bonchev–Trinajstić information content (AvgIpc) is 2.45. The molecule has 94 valence electrons. The second kappa shape index (κ2) is 5.83. The summed E-state index contributed by atoms with van der Waals surface area (Å²) in [5.74, 6) is -0.516. The van der Waals surface area contributed by atoms with Gasteiger partial charge >= 0.3 is 0 Å². The quantitative estimate of drug-likeness (QED) is 0.897.